The van der Waals surface area contributed by atoms with E-state index in [-0.39, 0.29) is 0 Å². The van der Waals surface area contributed by atoms with Gasteiger partial charge in [0.25, 0.3) is 0 Å². The lowest BCUT2D eigenvalue weighted by Gasteiger charge is -2.30. The fourth-order valence-corrected chi connectivity index (χ4v) is 6.82. The Hall–Kier alpha value is -2.58. The first-order chi connectivity index (χ1) is 17.2. The van der Waals surface area contributed by atoms with E-state index in [2.05, 4.69) is 62.4 Å². The van der Waals surface area contributed by atoms with E-state index < -0.39 is 0 Å². The molecule has 0 atom stereocenters. The first-order valence-electron chi connectivity index (χ1n) is 14.3. The molecule has 0 aliphatic heterocycles. The molecule has 0 bridgehead atoms. The van der Waals surface area contributed by atoms with Crippen LogP contribution >= 0.6 is 0 Å². The highest BCUT2D eigenvalue weighted by atomic mass is 14.3. The number of hydrogen-bond acceptors (Lipinski definition) is 2. The van der Waals surface area contributed by atoms with Crippen LogP contribution in [-0.2, 0) is 0 Å². The Morgan fingerprint density at radius 3 is 1.83 bits per heavy atom. The predicted octanol–water partition coefficient (Wildman–Crippen LogP) is 9.63. The van der Waals surface area contributed by atoms with Crippen LogP contribution in [0.5, 0.6) is 0 Å². The van der Waals surface area contributed by atoms with Gasteiger partial charge in [-0.15, -0.1) is 0 Å². The molecule has 0 amide bonds. The van der Waals surface area contributed by atoms with Gasteiger partial charge in [-0.25, -0.2) is 0 Å². The lowest BCUT2D eigenvalue weighted by Crippen LogP contribution is -2.15. The Morgan fingerprint density at radius 2 is 1.26 bits per heavy atom. The number of nitriles is 2. The summed E-state index contributed by atoms with van der Waals surface area (Å²) in [6.45, 7) is 4.56. The average molecular weight is 467 g/mol. The first kappa shape index (κ1) is 25.5. The van der Waals surface area contributed by atoms with Crippen LogP contribution in [0.25, 0.3) is 11.1 Å². The summed E-state index contributed by atoms with van der Waals surface area (Å²) in [5, 5.41) is 20.2. The van der Waals surface area contributed by atoms with Crippen LogP contribution in [0.15, 0.2) is 36.4 Å². The summed E-state index contributed by atoms with van der Waals surface area (Å²) in [5.41, 5.74) is 5.66. The van der Waals surface area contributed by atoms with Crippen molar-refractivity contribution in [2.75, 3.05) is 0 Å². The van der Waals surface area contributed by atoms with Crippen molar-refractivity contribution in [3.8, 4) is 23.3 Å². The maximum Gasteiger partial charge on any atom is 0.101 e. The molecular formula is C33H42N2. The lowest BCUT2D eigenvalue weighted by molar-refractivity contribution is 0.304. The molecule has 0 radical (unpaired) electrons. The minimum absolute atomic E-state index is 0.411. The molecule has 0 N–H and O–H groups in total. The van der Waals surface area contributed by atoms with E-state index in [1.54, 1.807) is 0 Å². The largest absolute Gasteiger partial charge is 0.192 e. The van der Waals surface area contributed by atoms with Crippen molar-refractivity contribution in [1.29, 1.82) is 10.5 Å². The monoisotopic (exact) mass is 466 g/mol. The minimum Gasteiger partial charge on any atom is -0.192 e. The molecule has 2 aromatic rings. The summed E-state index contributed by atoms with van der Waals surface area (Å²) in [4.78, 5) is 0. The van der Waals surface area contributed by atoms with E-state index in [4.69, 9.17) is 0 Å². The molecule has 2 aliphatic carbocycles. The fourth-order valence-electron chi connectivity index (χ4n) is 6.82. The Kier molecular flexibility index (Phi) is 9.04. The summed E-state index contributed by atoms with van der Waals surface area (Å²) < 4.78 is 0. The average Bonchev–Trinajstić information content (AvgIpc) is 2.92. The van der Waals surface area contributed by atoms with Gasteiger partial charge in [-0.3, -0.25) is 0 Å². The SMILES string of the molecule is CCCCC1CCC(c2ccc(-c3ccc(C4CCC(CCC)CC4)cc3)c(C#N)c2C#N)CC1. The Bertz CT molecular complexity index is 1040. The van der Waals surface area contributed by atoms with Gasteiger partial charge in [0.15, 0.2) is 0 Å². The molecule has 0 aromatic heterocycles. The van der Waals surface area contributed by atoms with E-state index in [1.807, 2.05) is 0 Å². The van der Waals surface area contributed by atoms with Crippen molar-refractivity contribution in [1.82, 2.24) is 0 Å². The molecule has 0 spiro atoms. The summed E-state index contributed by atoms with van der Waals surface area (Å²) >= 11 is 0. The Balaban J connectivity index is 1.50. The number of unbranched alkanes of at least 4 members (excludes halogenated alkanes) is 1. The van der Waals surface area contributed by atoms with Gasteiger partial charge in [0.05, 0.1) is 11.1 Å². The quantitative estimate of drug-likeness (QED) is 0.389. The molecule has 4 rings (SSSR count). The number of hydrogen-bond donors (Lipinski definition) is 0. The molecule has 35 heavy (non-hydrogen) atoms. The van der Waals surface area contributed by atoms with Gasteiger partial charge in [-0.2, -0.15) is 10.5 Å². The maximum atomic E-state index is 10.1. The van der Waals surface area contributed by atoms with Crippen molar-refractivity contribution >= 4 is 0 Å². The molecule has 0 heterocycles. The summed E-state index contributed by atoms with van der Waals surface area (Å²) in [6, 6.07) is 17.9. The Morgan fingerprint density at radius 1 is 0.657 bits per heavy atom. The van der Waals surface area contributed by atoms with E-state index >= 15 is 0 Å². The molecule has 2 saturated carbocycles. The summed E-state index contributed by atoms with van der Waals surface area (Å²) in [6.07, 6.45) is 16.7. The highest BCUT2D eigenvalue weighted by Gasteiger charge is 2.26. The lowest BCUT2D eigenvalue weighted by atomic mass is 9.75. The van der Waals surface area contributed by atoms with Gasteiger partial charge in [0.1, 0.15) is 12.1 Å². The second-order valence-corrected chi connectivity index (χ2v) is 11.2. The van der Waals surface area contributed by atoms with Gasteiger partial charge in [0, 0.05) is 5.56 Å². The van der Waals surface area contributed by atoms with Gasteiger partial charge in [-0.1, -0.05) is 82.3 Å². The number of benzene rings is 2. The molecule has 184 valence electrons. The summed E-state index contributed by atoms with van der Waals surface area (Å²) in [5.74, 6) is 2.83. The standard InChI is InChI=1S/C33H42N2/c1-3-5-7-25-10-14-28(15-11-25)30-20-21-31(33(23-35)32(30)22-34)29-18-16-27(17-19-29)26-12-8-24(6-4-2)9-13-26/h16-21,24-26,28H,3-15H2,1-2H3. The molecule has 2 nitrogen and oxygen atoms in total. The van der Waals surface area contributed by atoms with Crippen molar-refractivity contribution < 1.29 is 0 Å². The first-order valence-corrected chi connectivity index (χ1v) is 14.3. The zero-order valence-corrected chi connectivity index (χ0v) is 21.9. The fraction of sp³-hybridized carbons (Fsp3) is 0.576. The van der Waals surface area contributed by atoms with Crippen LogP contribution in [0, 0.1) is 34.5 Å². The normalized spacial score (nSPS) is 24.5. The molecule has 2 fully saturated rings. The van der Waals surface area contributed by atoms with E-state index in [9.17, 15) is 10.5 Å². The van der Waals surface area contributed by atoms with Crippen LogP contribution in [-0.4, -0.2) is 0 Å². The van der Waals surface area contributed by atoms with E-state index in [0.717, 1.165) is 41.4 Å². The van der Waals surface area contributed by atoms with Gasteiger partial charge in [0.2, 0.25) is 0 Å². The van der Waals surface area contributed by atoms with Crippen molar-refractivity contribution in [3.63, 3.8) is 0 Å². The van der Waals surface area contributed by atoms with E-state index in [0.29, 0.717) is 23.0 Å². The second kappa shape index (κ2) is 12.4. The van der Waals surface area contributed by atoms with Crippen LogP contribution in [0.3, 0.4) is 0 Å². The minimum atomic E-state index is 0.411. The van der Waals surface area contributed by atoms with Gasteiger partial charge < -0.3 is 0 Å². The second-order valence-electron chi connectivity index (χ2n) is 11.2. The van der Waals surface area contributed by atoms with Gasteiger partial charge >= 0.3 is 0 Å². The highest BCUT2D eigenvalue weighted by molar-refractivity contribution is 5.75. The molecular weight excluding hydrogens is 424 g/mol. The van der Waals surface area contributed by atoms with E-state index in [1.165, 1.54) is 76.2 Å². The van der Waals surface area contributed by atoms with Crippen molar-refractivity contribution in [2.45, 2.75) is 109 Å². The predicted molar refractivity (Wildman–Crippen MR) is 145 cm³/mol. The van der Waals surface area contributed by atoms with Crippen LogP contribution in [0.4, 0.5) is 0 Å². The van der Waals surface area contributed by atoms with Crippen LogP contribution in [0.2, 0.25) is 0 Å². The van der Waals surface area contributed by atoms with Crippen molar-refractivity contribution in [2.24, 2.45) is 11.8 Å². The van der Waals surface area contributed by atoms with Crippen molar-refractivity contribution in [3.05, 3.63) is 58.7 Å². The highest BCUT2D eigenvalue weighted by Crippen LogP contribution is 2.42. The molecule has 0 unspecified atom stereocenters. The number of nitrogens with zero attached hydrogens (tertiary/aromatic N) is 2. The third-order valence-electron chi connectivity index (χ3n) is 8.95. The number of rotatable bonds is 8. The van der Waals surface area contributed by atoms with Crippen LogP contribution < -0.4 is 0 Å². The van der Waals surface area contributed by atoms with Gasteiger partial charge in [-0.05, 0) is 91.7 Å². The third kappa shape index (κ3) is 5.98. The molecule has 2 heteroatoms. The molecule has 0 saturated heterocycles. The zero-order chi connectivity index (χ0) is 24.6. The van der Waals surface area contributed by atoms with Crippen LogP contribution in [0.1, 0.15) is 131 Å². The smallest absolute Gasteiger partial charge is 0.101 e. The zero-order valence-electron chi connectivity index (χ0n) is 21.9. The topological polar surface area (TPSA) is 47.6 Å². The molecule has 2 aromatic carbocycles. The molecule has 2 aliphatic rings. The Labute approximate surface area is 213 Å². The third-order valence-corrected chi connectivity index (χ3v) is 8.95. The maximum absolute atomic E-state index is 10.1. The summed E-state index contributed by atoms with van der Waals surface area (Å²) in [7, 11) is 0.